The van der Waals surface area contributed by atoms with Gasteiger partial charge in [-0.25, -0.2) is 18.2 Å². The van der Waals surface area contributed by atoms with Gasteiger partial charge in [0, 0.05) is 35.2 Å². The fourth-order valence-corrected chi connectivity index (χ4v) is 8.29. The van der Waals surface area contributed by atoms with E-state index in [0.29, 0.717) is 40.1 Å². The third-order valence-electron chi connectivity index (χ3n) is 10.00. The second-order valence-electron chi connectivity index (χ2n) is 14.6. The van der Waals surface area contributed by atoms with Gasteiger partial charge < -0.3 is 29.7 Å². The third-order valence-corrected chi connectivity index (χ3v) is 12.0. The van der Waals surface area contributed by atoms with Crippen LogP contribution in [-0.4, -0.2) is 91.7 Å². The molecule has 2 saturated carbocycles. The summed E-state index contributed by atoms with van der Waals surface area (Å²) in [6.45, 7) is 6.94. The van der Waals surface area contributed by atoms with E-state index >= 15 is 0 Å². The van der Waals surface area contributed by atoms with Crippen molar-refractivity contribution in [2.75, 3.05) is 26.1 Å². The van der Waals surface area contributed by atoms with Crippen LogP contribution in [0.25, 0.3) is 10.8 Å². The largest absolute Gasteiger partial charge is 0.494 e. The van der Waals surface area contributed by atoms with Crippen molar-refractivity contribution in [1.29, 1.82) is 0 Å². The molecule has 3 aliphatic rings. The number of anilines is 1. The van der Waals surface area contributed by atoms with Crippen LogP contribution in [0.2, 0.25) is 5.02 Å². The van der Waals surface area contributed by atoms with E-state index in [1.807, 2.05) is 0 Å². The summed E-state index contributed by atoms with van der Waals surface area (Å²) in [5.74, 6) is -2.58. The molecule has 3 aromatic rings. The van der Waals surface area contributed by atoms with Gasteiger partial charge in [0.2, 0.25) is 27.7 Å². The molecule has 6 rings (SSSR count). The summed E-state index contributed by atoms with van der Waals surface area (Å²) in [4.78, 5) is 60.9. The average molecular weight is 783 g/mol. The number of rotatable bonds is 13. The number of nitrogens with zero attached hydrogens (tertiary/aromatic N) is 2. The molecule has 1 aliphatic heterocycles. The number of sulfonamides is 1. The first-order valence-electron chi connectivity index (χ1n) is 18.1. The minimum Gasteiger partial charge on any atom is -0.494 e. The molecule has 5 atom stereocenters. The number of pyridine rings is 1. The zero-order valence-electron chi connectivity index (χ0n) is 31.4. The van der Waals surface area contributed by atoms with Crippen molar-refractivity contribution < 1.29 is 43.2 Å². The number of hydrogen-bond donors (Lipinski definition) is 3. The Morgan fingerprint density at radius 1 is 1.15 bits per heavy atom. The number of fused-ring (bicyclic) bond motifs is 1. The van der Waals surface area contributed by atoms with E-state index in [4.69, 9.17) is 27.2 Å². The molecule has 1 aromatic heterocycles. The fraction of sp³-hybridized carbons (Fsp3) is 0.447. The van der Waals surface area contributed by atoms with Gasteiger partial charge in [-0.2, -0.15) is 0 Å². The summed E-state index contributed by atoms with van der Waals surface area (Å²) in [7, 11) is -1.16. The number of nitrogens with one attached hydrogen (secondary N) is 3. The summed E-state index contributed by atoms with van der Waals surface area (Å²) in [5, 5.41) is 6.95. The Morgan fingerprint density at radius 3 is 2.56 bits per heavy atom. The highest BCUT2D eigenvalue weighted by Crippen LogP contribution is 2.46. The number of benzene rings is 2. The topological polar surface area (TPSA) is 182 Å². The Kier molecular flexibility index (Phi) is 10.2. The Hall–Kier alpha value is -4.89. The van der Waals surface area contributed by atoms with Crippen molar-refractivity contribution in [1.82, 2.24) is 19.9 Å². The van der Waals surface area contributed by atoms with Crippen LogP contribution in [0.4, 0.5) is 5.69 Å². The molecule has 2 aliphatic carbocycles. The van der Waals surface area contributed by atoms with E-state index in [9.17, 15) is 27.6 Å². The molecule has 0 spiro atoms. The zero-order chi connectivity index (χ0) is 39.9. The molecular weight excluding hydrogens is 738 g/mol. The van der Waals surface area contributed by atoms with Gasteiger partial charge in [-0.15, -0.1) is 6.58 Å². The molecule has 3 amide bonds. The van der Waals surface area contributed by atoms with Crippen LogP contribution in [0.15, 0.2) is 61.3 Å². The van der Waals surface area contributed by atoms with Gasteiger partial charge in [0.25, 0.3) is 5.91 Å². The number of hydrogen-bond acceptors (Lipinski definition) is 11. The Morgan fingerprint density at radius 2 is 1.91 bits per heavy atom. The number of carbonyl (C=O) groups is 4. The molecule has 0 bridgehead atoms. The van der Waals surface area contributed by atoms with Crippen molar-refractivity contribution in [3.05, 3.63) is 71.9 Å². The monoisotopic (exact) mass is 782 g/mol. The van der Waals surface area contributed by atoms with E-state index in [1.54, 1.807) is 50.2 Å². The lowest BCUT2D eigenvalue weighted by molar-refractivity contribution is -0.141. The second-order valence-corrected chi connectivity index (χ2v) is 17.0. The van der Waals surface area contributed by atoms with E-state index in [-0.39, 0.29) is 37.7 Å². The number of methoxy groups -OCH3 is 2. The number of ether oxygens (including phenoxy) is 3. The lowest BCUT2D eigenvalue weighted by Crippen LogP contribution is -2.58. The van der Waals surface area contributed by atoms with Gasteiger partial charge in [-0.1, -0.05) is 44.5 Å². The van der Waals surface area contributed by atoms with Gasteiger partial charge in [0.15, 0.2) is 0 Å². The van der Waals surface area contributed by atoms with Crippen LogP contribution < -0.4 is 24.8 Å². The smallest absolute Gasteiger partial charge is 0.337 e. The minimum atomic E-state index is -3.93. The summed E-state index contributed by atoms with van der Waals surface area (Å²) in [5.41, 5.74) is -1.96. The maximum atomic E-state index is 14.8. The number of amides is 3. The van der Waals surface area contributed by atoms with Crippen molar-refractivity contribution in [3.8, 4) is 11.6 Å². The first-order chi connectivity index (χ1) is 26.1. The zero-order valence-corrected chi connectivity index (χ0v) is 32.0. The van der Waals surface area contributed by atoms with E-state index in [0.717, 1.165) is 0 Å². The SMILES string of the molecule is [2H]CC(C)(C)[C@H](Nc1cccc(C(=O)OC)c1)C(=O)N1C[C@H](Oc2ncc(OC)c3ccc(Cl)cc23)C[C@H]1C(=O)N[C@]1(C(=O)NS(=O)(=O)C2CC2)C[C@H]1C=C. The van der Waals surface area contributed by atoms with Gasteiger partial charge in [-0.05, 0) is 61.1 Å². The highest BCUT2D eigenvalue weighted by atomic mass is 35.5. The maximum Gasteiger partial charge on any atom is 0.337 e. The number of halogens is 1. The van der Waals surface area contributed by atoms with Crippen molar-refractivity contribution in [2.24, 2.45) is 11.3 Å². The van der Waals surface area contributed by atoms with Crippen LogP contribution in [0, 0.1) is 11.3 Å². The van der Waals surface area contributed by atoms with Crippen LogP contribution in [0.5, 0.6) is 11.6 Å². The van der Waals surface area contributed by atoms with Crippen LogP contribution >= 0.6 is 11.6 Å². The first kappa shape index (κ1) is 37.4. The summed E-state index contributed by atoms with van der Waals surface area (Å²) >= 11 is 6.35. The van der Waals surface area contributed by atoms with E-state index < -0.39 is 74.0 Å². The molecule has 0 radical (unpaired) electrons. The first-order valence-corrected chi connectivity index (χ1v) is 19.3. The van der Waals surface area contributed by atoms with Gasteiger partial charge in [0.1, 0.15) is 29.5 Å². The Bertz CT molecular complexity index is 2150. The van der Waals surface area contributed by atoms with Gasteiger partial charge in [-0.3, -0.25) is 19.1 Å². The maximum absolute atomic E-state index is 14.8. The quantitative estimate of drug-likeness (QED) is 0.167. The van der Waals surface area contributed by atoms with Crippen LogP contribution in [-0.2, 0) is 29.1 Å². The summed E-state index contributed by atoms with van der Waals surface area (Å²) < 4.78 is 52.7. The lowest BCUT2D eigenvalue weighted by Gasteiger charge is -2.36. The standard InChI is InChI=1S/C38H44ClN5O9S/c1-7-22-18-38(22,36(48)43-54(49,50)26-12-13-26)42-32(45)29-17-25(53-33-28-16-23(39)11-14-27(28)30(51-5)19-40-33)20-44(29)34(46)31(37(2,3)4)41-24-10-8-9-21(15-24)35(47)52-6/h7-11,14-16,19,22,25-26,29,31,41H,1,12-13,17-18,20H2,2-6H3,(H,42,45)(H,43,48)/t22-,25-,29+,31-,38-/m1/s1/i2D. The molecule has 2 aromatic carbocycles. The molecule has 2 heterocycles. The lowest BCUT2D eigenvalue weighted by atomic mass is 9.85. The normalized spacial score (nSPS) is 23.1. The number of likely N-dealkylation sites (tertiary alicyclic amines) is 1. The highest BCUT2D eigenvalue weighted by Gasteiger charge is 2.62. The van der Waals surface area contributed by atoms with Crippen molar-refractivity contribution in [3.63, 3.8) is 0 Å². The Balaban J connectivity index is 1.34. The molecular formula is C38H44ClN5O9S. The predicted octanol–water partition coefficient (Wildman–Crippen LogP) is 4.23. The van der Waals surface area contributed by atoms with Crippen molar-refractivity contribution in [2.45, 2.75) is 75.4 Å². The number of esters is 1. The second kappa shape index (κ2) is 14.7. The fourth-order valence-electron chi connectivity index (χ4n) is 6.75. The molecule has 14 nitrogen and oxygen atoms in total. The molecule has 16 heteroatoms. The summed E-state index contributed by atoms with van der Waals surface area (Å²) in [6, 6.07) is 9.22. The summed E-state index contributed by atoms with van der Waals surface area (Å²) in [6.07, 6.45) is 3.15. The molecule has 3 fully saturated rings. The molecule has 3 N–H and O–H groups in total. The molecule has 0 unspecified atom stereocenters. The highest BCUT2D eigenvalue weighted by molar-refractivity contribution is 7.91. The minimum absolute atomic E-state index is 0.0317. The van der Waals surface area contributed by atoms with Crippen molar-refractivity contribution >= 4 is 61.8 Å². The Labute approximate surface area is 320 Å². The number of carbonyl (C=O) groups excluding carboxylic acids is 4. The molecule has 54 heavy (non-hydrogen) atoms. The van der Waals surface area contributed by atoms with Gasteiger partial charge in [0.05, 0.1) is 37.8 Å². The average Bonchev–Trinajstić information content (AvgIpc) is 4.10. The third kappa shape index (κ3) is 7.83. The van der Waals surface area contributed by atoms with E-state index in [2.05, 4.69) is 26.9 Å². The predicted molar refractivity (Wildman–Crippen MR) is 202 cm³/mol. The van der Waals surface area contributed by atoms with Crippen LogP contribution in [0.3, 0.4) is 0 Å². The number of aromatic nitrogens is 1. The molecule has 288 valence electrons. The molecule has 1 saturated heterocycles. The van der Waals surface area contributed by atoms with E-state index in [1.165, 1.54) is 37.5 Å². The van der Waals surface area contributed by atoms with Gasteiger partial charge >= 0.3 is 5.97 Å². The van der Waals surface area contributed by atoms with Crippen LogP contribution in [0.1, 0.15) is 58.2 Å².